The minimum absolute atomic E-state index is 0.337. The monoisotopic (exact) mass is 296 g/mol. The molecule has 21 heavy (non-hydrogen) atoms. The standard InChI is InChI=1S/C19H36O2/c1-3-4-5-12-15-18(2)16-13-10-8-6-7-9-11-14-17-19(20)21/h15H,3-14,16-17H2,1-2H3,(H,20,21). The topological polar surface area (TPSA) is 37.3 Å². The predicted octanol–water partition coefficient (Wildman–Crippen LogP) is 6.50. The Kier molecular flexibility index (Phi) is 15.0. The first kappa shape index (κ1) is 20.2. The van der Waals surface area contributed by atoms with E-state index in [-0.39, 0.29) is 0 Å². The second-order valence-corrected chi connectivity index (χ2v) is 6.27. The average molecular weight is 296 g/mol. The Bertz CT molecular complexity index is 269. The van der Waals surface area contributed by atoms with Gasteiger partial charge in [0.1, 0.15) is 0 Å². The van der Waals surface area contributed by atoms with Crippen molar-refractivity contribution in [2.24, 2.45) is 0 Å². The lowest BCUT2D eigenvalue weighted by Crippen LogP contribution is -1.93. The summed E-state index contributed by atoms with van der Waals surface area (Å²) in [6.07, 6.45) is 19.0. The van der Waals surface area contributed by atoms with Gasteiger partial charge in [0.15, 0.2) is 0 Å². The SMILES string of the molecule is CCCCCC=C(C)CCCCCCCCCCC(=O)O. The molecule has 0 heterocycles. The van der Waals surface area contributed by atoms with Crippen LogP contribution in [0, 0.1) is 0 Å². The lowest BCUT2D eigenvalue weighted by Gasteiger charge is -2.03. The van der Waals surface area contributed by atoms with Crippen LogP contribution in [0.4, 0.5) is 0 Å². The third-order valence-electron chi connectivity index (χ3n) is 4.01. The molecule has 2 nitrogen and oxygen atoms in total. The van der Waals surface area contributed by atoms with Crippen molar-refractivity contribution in [1.82, 2.24) is 0 Å². The lowest BCUT2D eigenvalue weighted by molar-refractivity contribution is -0.137. The number of unbranched alkanes of at least 4 members (excludes halogenated alkanes) is 10. The van der Waals surface area contributed by atoms with E-state index in [4.69, 9.17) is 5.11 Å². The fourth-order valence-electron chi connectivity index (χ4n) is 2.59. The molecule has 0 bridgehead atoms. The summed E-state index contributed by atoms with van der Waals surface area (Å²) in [6.45, 7) is 4.52. The highest BCUT2D eigenvalue weighted by atomic mass is 16.4. The van der Waals surface area contributed by atoms with Crippen molar-refractivity contribution in [1.29, 1.82) is 0 Å². The van der Waals surface area contributed by atoms with Gasteiger partial charge < -0.3 is 5.11 Å². The van der Waals surface area contributed by atoms with E-state index in [0.717, 1.165) is 12.8 Å². The van der Waals surface area contributed by atoms with Crippen LogP contribution >= 0.6 is 0 Å². The number of hydrogen-bond acceptors (Lipinski definition) is 1. The van der Waals surface area contributed by atoms with Gasteiger partial charge in [-0.25, -0.2) is 0 Å². The molecule has 0 rings (SSSR count). The maximum Gasteiger partial charge on any atom is 0.303 e. The van der Waals surface area contributed by atoms with Crippen LogP contribution in [0.5, 0.6) is 0 Å². The largest absolute Gasteiger partial charge is 0.481 e. The highest BCUT2D eigenvalue weighted by Crippen LogP contribution is 2.14. The van der Waals surface area contributed by atoms with Crippen LogP contribution in [0.1, 0.15) is 104 Å². The van der Waals surface area contributed by atoms with Gasteiger partial charge in [-0.3, -0.25) is 4.79 Å². The maximum atomic E-state index is 10.4. The Morgan fingerprint density at radius 2 is 1.33 bits per heavy atom. The van der Waals surface area contributed by atoms with Crippen molar-refractivity contribution < 1.29 is 9.90 Å². The van der Waals surface area contributed by atoms with Gasteiger partial charge in [0, 0.05) is 6.42 Å². The molecule has 0 aromatic heterocycles. The molecule has 1 N–H and O–H groups in total. The van der Waals surface area contributed by atoms with E-state index in [0.29, 0.717) is 6.42 Å². The smallest absolute Gasteiger partial charge is 0.303 e. The summed E-state index contributed by atoms with van der Waals surface area (Å²) in [6, 6.07) is 0. The minimum atomic E-state index is -0.659. The van der Waals surface area contributed by atoms with E-state index >= 15 is 0 Å². The van der Waals surface area contributed by atoms with Crippen molar-refractivity contribution >= 4 is 5.97 Å². The number of hydrogen-bond donors (Lipinski definition) is 1. The van der Waals surface area contributed by atoms with Crippen LogP contribution in [0.3, 0.4) is 0 Å². The molecule has 0 saturated carbocycles. The molecule has 0 aliphatic rings. The zero-order valence-electron chi connectivity index (χ0n) is 14.3. The molecular weight excluding hydrogens is 260 g/mol. The summed E-state index contributed by atoms with van der Waals surface area (Å²) in [5, 5.41) is 8.53. The minimum Gasteiger partial charge on any atom is -0.481 e. The van der Waals surface area contributed by atoms with Gasteiger partial charge in [0.2, 0.25) is 0 Å². The molecular formula is C19H36O2. The first-order chi connectivity index (χ1) is 10.2. The van der Waals surface area contributed by atoms with E-state index in [1.807, 2.05) is 0 Å². The molecule has 0 aliphatic heterocycles. The average Bonchev–Trinajstić information content (AvgIpc) is 2.45. The van der Waals surface area contributed by atoms with Crippen LogP contribution in [-0.4, -0.2) is 11.1 Å². The molecule has 0 aliphatic carbocycles. The fourth-order valence-corrected chi connectivity index (χ4v) is 2.59. The van der Waals surface area contributed by atoms with Gasteiger partial charge >= 0.3 is 5.97 Å². The van der Waals surface area contributed by atoms with Gasteiger partial charge in [-0.1, -0.05) is 69.9 Å². The molecule has 0 spiro atoms. The number of carboxylic acid groups (broad SMARTS) is 1. The van der Waals surface area contributed by atoms with E-state index in [1.54, 1.807) is 5.57 Å². The van der Waals surface area contributed by atoms with Gasteiger partial charge in [-0.15, -0.1) is 0 Å². The van der Waals surface area contributed by atoms with Gasteiger partial charge in [0.25, 0.3) is 0 Å². The van der Waals surface area contributed by atoms with E-state index in [9.17, 15) is 4.79 Å². The van der Waals surface area contributed by atoms with Crippen molar-refractivity contribution in [3.05, 3.63) is 11.6 Å². The molecule has 0 saturated heterocycles. The van der Waals surface area contributed by atoms with E-state index in [2.05, 4.69) is 19.9 Å². The number of carbonyl (C=O) groups is 1. The first-order valence-corrected chi connectivity index (χ1v) is 9.04. The summed E-state index contributed by atoms with van der Waals surface area (Å²) < 4.78 is 0. The van der Waals surface area contributed by atoms with Crippen LogP contribution in [0.25, 0.3) is 0 Å². The third-order valence-corrected chi connectivity index (χ3v) is 4.01. The molecule has 2 heteroatoms. The third kappa shape index (κ3) is 17.2. The lowest BCUT2D eigenvalue weighted by atomic mass is 10.0. The molecule has 0 radical (unpaired) electrons. The van der Waals surface area contributed by atoms with Crippen LogP contribution in [0.2, 0.25) is 0 Å². The first-order valence-electron chi connectivity index (χ1n) is 9.04. The second-order valence-electron chi connectivity index (χ2n) is 6.27. The molecule has 0 amide bonds. The van der Waals surface area contributed by atoms with Gasteiger partial charge in [0.05, 0.1) is 0 Å². The summed E-state index contributed by atoms with van der Waals surface area (Å²) >= 11 is 0. The van der Waals surface area contributed by atoms with Crippen molar-refractivity contribution in [2.45, 2.75) is 104 Å². The number of rotatable bonds is 15. The zero-order chi connectivity index (χ0) is 15.8. The van der Waals surface area contributed by atoms with Crippen molar-refractivity contribution in [2.75, 3.05) is 0 Å². The molecule has 0 unspecified atom stereocenters. The Morgan fingerprint density at radius 3 is 1.86 bits per heavy atom. The predicted molar refractivity (Wildman–Crippen MR) is 91.7 cm³/mol. The normalized spacial score (nSPS) is 11.8. The maximum absolute atomic E-state index is 10.4. The number of allylic oxidation sites excluding steroid dienone is 2. The molecule has 0 fully saturated rings. The zero-order valence-corrected chi connectivity index (χ0v) is 14.3. The van der Waals surface area contributed by atoms with Gasteiger partial charge in [-0.05, 0) is 39.0 Å². The van der Waals surface area contributed by atoms with E-state index < -0.39 is 5.97 Å². The molecule has 0 atom stereocenters. The Morgan fingerprint density at radius 1 is 0.810 bits per heavy atom. The Hall–Kier alpha value is -0.790. The quantitative estimate of drug-likeness (QED) is 0.277. The Labute approximate surface area is 132 Å². The number of carboxylic acids is 1. The highest BCUT2D eigenvalue weighted by Gasteiger charge is 1.97. The van der Waals surface area contributed by atoms with Crippen molar-refractivity contribution in [3.8, 4) is 0 Å². The summed E-state index contributed by atoms with van der Waals surface area (Å²) in [5.41, 5.74) is 1.57. The summed E-state index contributed by atoms with van der Waals surface area (Å²) in [4.78, 5) is 10.4. The summed E-state index contributed by atoms with van der Waals surface area (Å²) in [5.74, 6) is -0.659. The number of aliphatic carboxylic acids is 1. The van der Waals surface area contributed by atoms with E-state index in [1.165, 1.54) is 70.6 Å². The molecule has 0 aromatic rings. The van der Waals surface area contributed by atoms with Gasteiger partial charge in [-0.2, -0.15) is 0 Å². The van der Waals surface area contributed by atoms with Crippen molar-refractivity contribution in [3.63, 3.8) is 0 Å². The van der Waals surface area contributed by atoms with Crippen LogP contribution in [-0.2, 0) is 4.79 Å². The van der Waals surface area contributed by atoms with Crippen LogP contribution < -0.4 is 0 Å². The molecule has 0 aromatic carbocycles. The fraction of sp³-hybridized carbons (Fsp3) is 0.842. The second kappa shape index (κ2) is 15.6. The highest BCUT2D eigenvalue weighted by molar-refractivity contribution is 5.66. The summed E-state index contributed by atoms with van der Waals surface area (Å²) in [7, 11) is 0. The van der Waals surface area contributed by atoms with Crippen LogP contribution in [0.15, 0.2) is 11.6 Å². The Balaban J connectivity index is 3.22. The molecule has 124 valence electrons.